The van der Waals surface area contributed by atoms with Crippen LogP contribution in [0, 0.1) is 0 Å². The van der Waals surface area contributed by atoms with E-state index in [0.29, 0.717) is 6.04 Å². The molecule has 1 aliphatic rings. The summed E-state index contributed by atoms with van der Waals surface area (Å²) in [5.74, 6) is 0.854. The highest BCUT2D eigenvalue weighted by atomic mass is 127. The molecule has 0 bridgehead atoms. The van der Waals surface area contributed by atoms with Crippen molar-refractivity contribution >= 4 is 34.1 Å². The van der Waals surface area contributed by atoms with Crippen LogP contribution in [0.15, 0.2) is 31.0 Å². The van der Waals surface area contributed by atoms with Crippen LogP contribution >= 0.6 is 22.6 Å². The fourth-order valence-corrected chi connectivity index (χ4v) is 3.33. The first-order chi connectivity index (χ1) is 11.3. The summed E-state index contributed by atoms with van der Waals surface area (Å²) >= 11 is 2.29. The van der Waals surface area contributed by atoms with Gasteiger partial charge in [0.25, 0.3) is 0 Å². The van der Waals surface area contributed by atoms with E-state index in [4.69, 9.17) is 0 Å². The summed E-state index contributed by atoms with van der Waals surface area (Å²) in [6.45, 7) is 2.10. The van der Waals surface area contributed by atoms with Crippen LogP contribution < -0.4 is 10.6 Å². The number of piperidine rings is 1. The average Bonchev–Trinajstić information content (AvgIpc) is 3.22. The number of hydrogen-bond acceptors (Lipinski definition) is 5. The second-order valence-electron chi connectivity index (χ2n) is 5.67. The Morgan fingerprint density at radius 3 is 2.91 bits per heavy atom. The van der Waals surface area contributed by atoms with Crippen LogP contribution in [0.25, 0.3) is 16.9 Å². The van der Waals surface area contributed by atoms with E-state index in [1.165, 1.54) is 0 Å². The first-order valence-corrected chi connectivity index (χ1v) is 9.26. The predicted molar refractivity (Wildman–Crippen MR) is 97.7 cm³/mol. The van der Waals surface area contributed by atoms with Crippen molar-refractivity contribution in [3.63, 3.8) is 0 Å². The van der Waals surface area contributed by atoms with E-state index in [9.17, 15) is 0 Å². The Morgan fingerprint density at radius 1 is 1.26 bits per heavy atom. The second-order valence-corrected chi connectivity index (χ2v) is 6.35. The molecule has 0 aromatic carbocycles. The molecule has 0 aliphatic carbocycles. The Morgan fingerprint density at radius 2 is 2.13 bits per heavy atom. The molecule has 7 nitrogen and oxygen atoms in total. The van der Waals surface area contributed by atoms with Crippen LogP contribution in [0.4, 0.5) is 5.82 Å². The maximum atomic E-state index is 4.58. The summed E-state index contributed by atoms with van der Waals surface area (Å²) in [7, 11) is 0. The van der Waals surface area contributed by atoms with Crippen LogP contribution in [-0.2, 0) is 4.55 Å². The Kier molecular flexibility index (Phi) is 4.17. The molecule has 0 amide bonds. The third-order valence-electron chi connectivity index (χ3n) is 4.16. The fourth-order valence-electron chi connectivity index (χ4n) is 2.96. The molecule has 3 aromatic heterocycles. The fraction of sp³-hybridized carbons (Fsp3) is 0.400. The van der Waals surface area contributed by atoms with Crippen molar-refractivity contribution in [2.24, 2.45) is 0 Å². The Hall–Kier alpha value is -1.68. The monoisotopic (exact) mass is 423 g/mol. The van der Waals surface area contributed by atoms with Gasteiger partial charge in [0.05, 0.1) is 22.6 Å². The van der Waals surface area contributed by atoms with Crippen LogP contribution in [0.5, 0.6) is 0 Å². The predicted octanol–water partition coefficient (Wildman–Crippen LogP) is 2.15. The standard InChI is InChI=1S/C15H18IN7/c16-10-22-9-11(7-20-22)13-8-19-15-14(18-5-6-23(13)15)21-12-1-3-17-4-2-12/h5-9,12,17H,1-4,10H2,(H,18,21). The van der Waals surface area contributed by atoms with Gasteiger partial charge < -0.3 is 10.6 Å². The first kappa shape index (κ1) is 14.9. The summed E-state index contributed by atoms with van der Waals surface area (Å²) < 4.78 is 4.81. The number of alkyl halides is 1. The number of aromatic nitrogens is 5. The zero-order valence-corrected chi connectivity index (χ0v) is 14.8. The van der Waals surface area contributed by atoms with Gasteiger partial charge in [-0.2, -0.15) is 5.10 Å². The summed E-state index contributed by atoms with van der Waals surface area (Å²) in [6, 6.07) is 0.455. The molecule has 0 atom stereocenters. The van der Waals surface area contributed by atoms with Crippen molar-refractivity contribution in [2.75, 3.05) is 18.4 Å². The number of rotatable bonds is 4. The number of hydrogen-bond donors (Lipinski definition) is 2. The van der Waals surface area contributed by atoms with Gasteiger partial charge >= 0.3 is 0 Å². The lowest BCUT2D eigenvalue weighted by molar-refractivity contribution is 0.478. The molecule has 4 heterocycles. The van der Waals surface area contributed by atoms with E-state index in [1.54, 1.807) is 0 Å². The molecule has 120 valence electrons. The molecule has 23 heavy (non-hydrogen) atoms. The highest BCUT2D eigenvalue weighted by Crippen LogP contribution is 2.24. The molecule has 3 aromatic rings. The lowest BCUT2D eigenvalue weighted by Crippen LogP contribution is -2.35. The van der Waals surface area contributed by atoms with Crippen molar-refractivity contribution in [1.29, 1.82) is 0 Å². The van der Waals surface area contributed by atoms with E-state index in [1.807, 2.05) is 35.7 Å². The summed E-state index contributed by atoms with van der Waals surface area (Å²) in [5.41, 5.74) is 2.96. The molecule has 1 saturated heterocycles. The molecule has 1 aliphatic heterocycles. The van der Waals surface area contributed by atoms with Gasteiger partial charge in [-0.05, 0) is 25.9 Å². The largest absolute Gasteiger partial charge is 0.364 e. The molecule has 0 spiro atoms. The van der Waals surface area contributed by atoms with E-state index in [-0.39, 0.29) is 0 Å². The molecule has 4 rings (SSSR count). The van der Waals surface area contributed by atoms with Crippen molar-refractivity contribution in [2.45, 2.75) is 23.4 Å². The molecule has 0 saturated carbocycles. The van der Waals surface area contributed by atoms with Gasteiger partial charge in [0.15, 0.2) is 11.5 Å². The molecular weight excluding hydrogens is 405 g/mol. The third kappa shape index (κ3) is 2.92. The number of anilines is 1. The van der Waals surface area contributed by atoms with Gasteiger partial charge in [0, 0.05) is 30.2 Å². The quantitative estimate of drug-likeness (QED) is 0.497. The Bertz CT molecular complexity index is 803. The van der Waals surface area contributed by atoms with Crippen molar-refractivity contribution in [1.82, 2.24) is 29.5 Å². The maximum absolute atomic E-state index is 4.58. The third-order valence-corrected chi connectivity index (χ3v) is 4.86. The minimum atomic E-state index is 0.455. The van der Waals surface area contributed by atoms with Crippen LogP contribution in [0.3, 0.4) is 0 Å². The van der Waals surface area contributed by atoms with Gasteiger partial charge in [-0.3, -0.25) is 9.08 Å². The lowest BCUT2D eigenvalue weighted by Gasteiger charge is -2.24. The summed E-state index contributed by atoms with van der Waals surface area (Å²) in [4.78, 5) is 9.07. The van der Waals surface area contributed by atoms with Crippen molar-refractivity contribution in [3.05, 3.63) is 31.0 Å². The molecular formula is C15H18IN7. The minimum absolute atomic E-state index is 0.455. The molecule has 2 N–H and O–H groups in total. The summed E-state index contributed by atoms with van der Waals surface area (Å²) in [5, 5.41) is 11.3. The maximum Gasteiger partial charge on any atom is 0.180 e. The van der Waals surface area contributed by atoms with Crippen LogP contribution in [-0.4, -0.2) is 43.3 Å². The van der Waals surface area contributed by atoms with Gasteiger partial charge in [0.1, 0.15) is 0 Å². The van der Waals surface area contributed by atoms with E-state index < -0.39 is 0 Å². The van der Waals surface area contributed by atoms with Crippen molar-refractivity contribution in [3.8, 4) is 11.3 Å². The van der Waals surface area contributed by atoms with E-state index in [2.05, 4.69) is 52.7 Å². The SMILES string of the molecule is ICn1cc(-c2cnc3c(NC4CCNCC4)nccn23)cn1. The average molecular weight is 423 g/mol. The number of fused-ring (bicyclic) bond motifs is 1. The Balaban J connectivity index is 1.68. The topological polar surface area (TPSA) is 72.1 Å². The number of nitrogens with one attached hydrogen (secondary N) is 2. The highest BCUT2D eigenvalue weighted by Gasteiger charge is 2.16. The number of imidazole rings is 1. The zero-order chi connectivity index (χ0) is 15.6. The smallest absolute Gasteiger partial charge is 0.180 e. The van der Waals surface area contributed by atoms with Crippen molar-refractivity contribution < 1.29 is 0 Å². The van der Waals surface area contributed by atoms with Crippen LogP contribution in [0.1, 0.15) is 12.8 Å². The molecule has 0 radical (unpaired) electrons. The second kappa shape index (κ2) is 6.44. The molecule has 1 fully saturated rings. The Labute approximate surface area is 147 Å². The molecule has 8 heteroatoms. The normalized spacial score (nSPS) is 16.0. The number of halogens is 1. The van der Waals surface area contributed by atoms with Gasteiger partial charge in [0.2, 0.25) is 0 Å². The molecule has 0 unspecified atom stereocenters. The zero-order valence-electron chi connectivity index (χ0n) is 12.6. The van der Waals surface area contributed by atoms with E-state index >= 15 is 0 Å². The summed E-state index contributed by atoms with van der Waals surface area (Å²) in [6.07, 6.45) is 11.8. The minimum Gasteiger partial charge on any atom is -0.364 e. The van der Waals surface area contributed by atoms with E-state index in [0.717, 1.165) is 53.2 Å². The van der Waals surface area contributed by atoms with Gasteiger partial charge in [-0.1, -0.05) is 22.6 Å². The first-order valence-electron chi connectivity index (χ1n) is 7.73. The number of nitrogens with zero attached hydrogens (tertiary/aromatic N) is 5. The van der Waals surface area contributed by atoms with Gasteiger partial charge in [-0.15, -0.1) is 0 Å². The highest BCUT2D eigenvalue weighted by molar-refractivity contribution is 14.1. The van der Waals surface area contributed by atoms with Gasteiger partial charge in [-0.25, -0.2) is 9.97 Å². The lowest BCUT2D eigenvalue weighted by atomic mass is 10.1. The van der Waals surface area contributed by atoms with Crippen LogP contribution in [0.2, 0.25) is 0 Å².